The first kappa shape index (κ1) is 14.3. The summed E-state index contributed by atoms with van der Waals surface area (Å²) in [5.74, 6) is -0.808. The molecule has 0 bridgehead atoms. The molecule has 5 nitrogen and oxygen atoms in total. The molecule has 0 aliphatic heterocycles. The van der Waals surface area contributed by atoms with Gasteiger partial charge in [0.05, 0.1) is 0 Å². The fourth-order valence-electron chi connectivity index (χ4n) is 1.71. The van der Waals surface area contributed by atoms with E-state index in [4.69, 9.17) is 9.52 Å². The number of hydrogen-bond acceptors (Lipinski definition) is 3. The fraction of sp³-hybridized carbons (Fsp3) is 0.538. The van der Waals surface area contributed by atoms with Crippen LogP contribution in [0.25, 0.3) is 0 Å². The zero-order valence-electron chi connectivity index (χ0n) is 11.1. The number of carboxylic acids is 1. The summed E-state index contributed by atoms with van der Waals surface area (Å²) in [6, 6.07) is 0.723. The quantitative estimate of drug-likeness (QED) is 0.841. The second-order valence-electron chi connectivity index (χ2n) is 4.60. The number of carbonyl (C=O) groups is 2. The monoisotopic (exact) mass is 253 g/mol. The van der Waals surface area contributed by atoms with Crippen molar-refractivity contribution < 1.29 is 19.1 Å². The lowest BCUT2D eigenvalue weighted by atomic mass is 10.0. The average molecular weight is 253 g/mol. The molecule has 0 saturated carbocycles. The molecule has 5 heteroatoms. The molecule has 0 aromatic carbocycles. The Bertz CT molecular complexity index is 448. The molecule has 0 saturated heterocycles. The predicted molar refractivity (Wildman–Crippen MR) is 66.6 cm³/mol. The van der Waals surface area contributed by atoms with Gasteiger partial charge in [0.1, 0.15) is 11.8 Å². The molecule has 18 heavy (non-hydrogen) atoms. The lowest BCUT2D eigenvalue weighted by molar-refractivity contribution is -0.140. The first-order valence-electron chi connectivity index (χ1n) is 5.99. The molecule has 0 aliphatic carbocycles. The minimum Gasteiger partial charge on any atom is -0.480 e. The van der Waals surface area contributed by atoms with Gasteiger partial charge in [-0.05, 0) is 24.5 Å². The van der Waals surface area contributed by atoms with E-state index in [1.807, 2.05) is 13.8 Å². The number of amides is 1. The van der Waals surface area contributed by atoms with Gasteiger partial charge in [-0.3, -0.25) is 4.79 Å². The topological polar surface area (TPSA) is 79.5 Å². The molecule has 1 rings (SSSR count). The van der Waals surface area contributed by atoms with Crippen LogP contribution in [-0.2, 0) is 11.2 Å². The second kappa shape index (κ2) is 5.71. The van der Waals surface area contributed by atoms with E-state index in [9.17, 15) is 9.59 Å². The lowest BCUT2D eigenvalue weighted by Gasteiger charge is -2.16. The van der Waals surface area contributed by atoms with Crippen molar-refractivity contribution in [2.24, 2.45) is 5.92 Å². The van der Waals surface area contributed by atoms with E-state index >= 15 is 0 Å². The molecule has 0 spiro atoms. The Labute approximate surface area is 106 Å². The fourth-order valence-corrected chi connectivity index (χ4v) is 1.71. The minimum absolute atomic E-state index is 0.163. The highest BCUT2D eigenvalue weighted by Crippen LogP contribution is 2.15. The van der Waals surface area contributed by atoms with Gasteiger partial charge in [-0.1, -0.05) is 20.8 Å². The highest BCUT2D eigenvalue weighted by atomic mass is 16.4. The van der Waals surface area contributed by atoms with Crippen LogP contribution in [0.3, 0.4) is 0 Å². The first-order chi connectivity index (χ1) is 8.36. The van der Waals surface area contributed by atoms with Crippen molar-refractivity contribution in [3.05, 3.63) is 23.2 Å². The van der Waals surface area contributed by atoms with Gasteiger partial charge in [-0.25, -0.2) is 4.79 Å². The van der Waals surface area contributed by atoms with Crippen LogP contribution in [0.2, 0.25) is 0 Å². The van der Waals surface area contributed by atoms with Crippen molar-refractivity contribution in [3.63, 3.8) is 0 Å². The Balaban J connectivity index is 2.83. The van der Waals surface area contributed by atoms with E-state index in [0.717, 1.165) is 11.3 Å². The summed E-state index contributed by atoms with van der Waals surface area (Å²) in [7, 11) is 0. The van der Waals surface area contributed by atoms with Crippen molar-refractivity contribution >= 4 is 11.9 Å². The van der Waals surface area contributed by atoms with Gasteiger partial charge in [-0.15, -0.1) is 0 Å². The smallest absolute Gasteiger partial charge is 0.326 e. The third kappa shape index (κ3) is 3.12. The van der Waals surface area contributed by atoms with Gasteiger partial charge < -0.3 is 14.8 Å². The van der Waals surface area contributed by atoms with E-state index < -0.39 is 17.9 Å². The number of carbonyl (C=O) groups excluding carboxylic acids is 1. The molecule has 1 aromatic heterocycles. The molecular formula is C13H19NO4. The number of nitrogens with one attached hydrogen (secondary N) is 1. The van der Waals surface area contributed by atoms with Crippen LogP contribution in [0.15, 0.2) is 10.5 Å². The van der Waals surface area contributed by atoms with Gasteiger partial charge in [-0.2, -0.15) is 0 Å². The molecule has 0 aliphatic rings. The summed E-state index contributed by atoms with van der Waals surface area (Å²) in [5, 5.41) is 11.5. The largest absolute Gasteiger partial charge is 0.480 e. The summed E-state index contributed by atoms with van der Waals surface area (Å²) in [5.41, 5.74) is 0.902. The SMILES string of the molecule is CCc1oc(C(=O)N[C@@H](C(=O)O)C(C)C)cc1C. The van der Waals surface area contributed by atoms with E-state index in [-0.39, 0.29) is 11.7 Å². The number of carboxylic acid groups (broad SMARTS) is 1. The number of aryl methyl sites for hydroxylation is 2. The first-order valence-corrected chi connectivity index (χ1v) is 5.99. The number of rotatable bonds is 5. The van der Waals surface area contributed by atoms with Crippen LogP contribution >= 0.6 is 0 Å². The highest BCUT2D eigenvalue weighted by molar-refractivity contribution is 5.94. The Kier molecular flexibility index (Phi) is 4.53. The molecule has 0 fully saturated rings. The third-order valence-electron chi connectivity index (χ3n) is 2.78. The zero-order valence-corrected chi connectivity index (χ0v) is 11.1. The van der Waals surface area contributed by atoms with Gasteiger partial charge in [0.15, 0.2) is 5.76 Å². The van der Waals surface area contributed by atoms with Crippen molar-refractivity contribution in [3.8, 4) is 0 Å². The summed E-state index contributed by atoms with van der Waals surface area (Å²) in [6.45, 7) is 7.27. The Morgan fingerprint density at radius 1 is 1.44 bits per heavy atom. The van der Waals surface area contributed by atoms with Crippen molar-refractivity contribution in [2.75, 3.05) is 0 Å². The molecule has 0 radical (unpaired) electrons. The highest BCUT2D eigenvalue weighted by Gasteiger charge is 2.25. The van der Waals surface area contributed by atoms with Crippen LogP contribution in [0.5, 0.6) is 0 Å². The van der Waals surface area contributed by atoms with Crippen LogP contribution in [0.4, 0.5) is 0 Å². The van der Waals surface area contributed by atoms with Crippen LogP contribution in [0.1, 0.15) is 42.6 Å². The van der Waals surface area contributed by atoms with E-state index in [0.29, 0.717) is 6.42 Å². The van der Waals surface area contributed by atoms with Gasteiger partial charge in [0.25, 0.3) is 5.91 Å². The van der Waals surface area contributed by atoms with E-state index in [2.05, 4.69) is 5.32 Å². The van der Waals surface area contributed by atoms with Crippen LogP contribution in [-0.4, -0.2) is 23.0 Å². The standard InChI is InChI=1S/C13H19NO4/c1-5-9-8(4)6-10(18-9)12(15)14-11(7(2)3)13(16)17/h6-7,11H,5H2,1-4H3,(H,14,15)(H,16,17)/t11-/m1/s1. The normalized spacial score (nSPS) is 12.5. The minimum atomic E-state index is -1.04. The van der Waals surface area contributed by atoms with Crippen LogP contribution in [0, 0.1) is 12.8 Å². The van der Waals surface area contributed by atoms with Gasteiger partial charge in [0, 0.05) is 6.42 Å². The summed E-state index contributed by atoms with van der Waals surface area (Å²) < 4.78 is 5.38. The lowest BCUT2D eigenvalue weighted by Crippen LogP contribution is -2.44. The summed E-state index contributed by atoms with van der Waals surface area (Å²) >= 11 is 0. The van der Waals surface area contributed by atoms with Crippen molar-refractivity contribution in [2.45, 2.75) is 40.2 Å². The molecule has 1 heterocycles. The molecule has 100 valence electrons. The van der Waals surface area contributed by atoms with Gasteiger partial charge >= 0.3 is 5.97 Å². The Morgan fingerprint density at radius 3 is 2.44 bits per heavy atom. The Morgan fingerprint density at radius 2 is 2.06 bits per heavy atom. The molecule has 1 amide bonds. The third-order valence-corrected chi connectivity index (χ3v) is 2.78. The number of furan rings is 1. The van der Waals surface area contributed by atoms with Crippen LogP contribution < -0.4 is 5.32 Å². The van der Waals surface area contributed by atoms with Gasteiger partial charge in [0.2, 0.25) is 0 Å². The van der Waals surface area contributed by atoms with Crippen molar-refractivity contribution in [1.82, 2.24) is 5.32 Å². The van der Waals surface area contributed by atoms with Crippen molar-refractivity contribution in [1.29, 1.82) is 0 Å². The molecule has 1 atom stereocenters. The number of hydrogen-bond donors (Lipinski definition) is 2. The Hall–Kier alpha value is -1.78. The molecule has 2 N–H and O–H groups in total. The summed E-state index contributed by atoms with van der Waals surface area (Å²) in [6.07, 6.45) is 0.700. The number of aliphatic carboxylic acids is 1. The molecular weight excluding hydrogens is 234 g/mol. The van der Waals surface area contributed by atoms with E-state index in [1.165, 1.54) is 0 Å². The maximum absolute atomic E-state index is 11.9. The zero-order chi connectivity index (χ0) is 13.9. The predicted octanol–water partition coefficient (Wildman–Crippen LogP) is 1.99. The maximum Gasteiger partial charge on any atom is 0.326 e. The summed E-state index contributed by atoms with van der Waals surface area (Å²) in [4.78, 5) is 22.9. The molecule has 1 aromatic rings. The molecule has 0 unspecified atom stereocenters. The average Bonchev–Trinajstić information content (AvgIpc) is 2.66. The maximum atomic E-state index is 11.9. The second-order valence-corrected chi connectivity index (χ2v) is 4.60. The van der Waals surface area contributed by atoms with E-state index in [1.54, 1.807) is 19.9 Å².